The average Bonchev–Trinajstić information content (AvgIpc) is 3.03. The number of pyridine rings is 1. The molecular weight excluding hydrogens is 368 g/mol. The van der Waals surface area contributed by atoms with Gasteiger partial charge < -0.3 is 10.1 Å². The number of fused-ring (bicyclic) bond motifs is 4. The molecule has 7 heteroatoms. The van der Waals surface area contributed by atoms with E-state index in [1.807, 2.05) is 45.2 Å². The Hall–Kier alpha value is -3.35. The van der Waals surface area contributed by atoms with Gasteiger partial charge in [-0.3, -0.25) is 0 Å². The Bertz CT molecular complexity index is 1260. The quantitative estimate of drug-likeness (QED) is 0.409. The van der Waals surface area contributed by atoms with Crippen LogP contribution in [0, 0.1) is 0 Å². The monoisotopic (exact) mass is 392 g/mol. The molecule has 0 aliphatic carbocycles. The first kappa shape index (κ1) is 19.0. The molecule has 4 rings (SSSR count). The normalized spacial score (nSPS) is 12.0. The molecule has 7 nitrogen and oxygen atoms in total. The number of carbonyl (C=O) groups excluding carboxylic acids is 1. The second kappa shape index (κ2) is 7.24. The number of amides is 1. The van der Waals surface area contributed by atoms with Crippen LogP contribution in [0.3, 0.4) is 0 Å². The minimum Gasteiger partial charge on any atom is -0.444 e. The van der Waals surface area contributed by atoms with Crippen molar-refractivity contribution in [3.05, 3.63) is 58.6 Å². The lowest BCUT2D eigenvalue weighted by Gasteiger charge is -2.19. The molecule has 0 saturated heterocycles. The highest BCUT2D eigenvalue weighted by molar-refractivity contribution is 6.05. The smallest absolute Gasteiger partial charge is 0.407 e. The summed E-state index contributed by atoms with van der Waals surface area (Å²) in [6.45, 7) is 5.99. The van der Waals surface area contributed by atoms with E-state index >= 15 is 0 Å². The van der Waals surface area contributed by atoms with Gasteiger partial charge in [0.15, 0.2) is 5.65 Å². The molecule has 0 atom stereocenters. The molecule has 0 bridgehead atoms. The SMILES string of the molecule is CC(C)(C)OC(=O)NCCCc1cn2c(=O)[nH]nc2c2cc3ccccc3cc12. The lowest BCUT2D eigenvalue weighted by atomic mass is 9.99. The van der Waals surface area contributed by atoms with Crippen LogP contribution >= 0.6 is 0 Å². The fraction of sp³-hybridized carbons (Fsp3) is 0.318. The van der Waals surface area contributed by atoms with E-state index in [9.17, 15) is 9.59 Å². The van der Waals surface area contributed by atoms with Crippen LogP contribution in [0.2, 0.25) is 0 Å². The van der Waals surface area contributed by atoms with Crippen LogP contribution in [0.5, 0.6) is 0 Å². The van der Waals surface area contributed by atoms with Gasteiger partial charge in [-0.05, 0) is 67.5 Å². The molecule has 2 aromatic heterocycles. The van der Waals surface area contributed by atoms with E-state index in [-0.39, 0.29) is 5.69 Å². The van der Waals surface area contributed by atoms with Crippen molar-refractivity contribution in [2.24, 2.45) is 0 Å². The molecule has 2 heterocycles. The molecule has 0 aliphatic heterocycles. The van der Waals surface area contributed by atoms with Crippen LogP contribution in [0.25, 0.3) is 27.2 Å². The van der Waals surface area contributed by atoms with Crippen molar-refractivity contribution in [3.8, 4) is 0 Å². The van der Waals surface area contributed by atoms with Gasteiger partial charge in [0.05, 0.1) is 0 Å². The predicted molar refractivity (Wildman–Crippen MR) is 113 cm³/mol. The number of carbonyl (C=O) groups is 1. The number of aromatic amines is 1. The molecule has 0 radical (unpaired) electrons. The number of rotatable bonds is 4. The van der Waals surface area contributed by atoms with Gasteiger partial charge >= 0.3 is 11.8 Å². The average molecular weight is 392 g/mol. The summed E-state index contributed by atoms with van der Waals surface area (Å²) in [4.78, 5) is 24.0. The molecule has 0 aliphatic rings. The number of hydrogen-bond donors (Lipinski definition) is 2. The van der Waals surface area contributed by atoms with E-state index in [2.05, 4.69) is 33.7 Å². The molecule has 2 N–H and O–H groups in total. The van der Waals surface area contributed by atoms with Crippen molar-refractivity contribution in [3.63, 3.8) is 0 Å². The summed E-state index contributed by atoms with van der Waals surface area (Å²) in [5.74, 6) is 0. The molecule has 29 heavy (non-hydrogen) atoms. The van der Waals surface area contributed by atoms with E-state index in [0.717, 1.165) is 33.5 Å². The molecule has 0 fully saturated rings. The lowest BCUT2D eigenvalue weighted by molar-refractivity contribution is 0.0527. The van der Waals surface area contributed by atoms with Gasteiger partial charge in [-0.1, -0.05) is 24.3 Å². The second-order valence-corrected chi connectivity index (χ2v) is 8.15. The number of ether oxygens (including phenoxy) is 1. The Morgan fingerprint density at radius 2 is 1.86 bits per heavy atom. The van der Waals surface area contributed by atoms with Gasteiger partial charge in [0.1, 0.15) is 5.60 Å². The number of alkyl carbamates (subject to hydrolysis) is 1. The molecule has 150 valence electrons. The maximum absolute atomic E-state index is 12.2. The maximum Gasteiger partial charge on any atom is 0.407 e. The molecular formula is C22H24N4O3. The number of benzene rings is 2. The summed E-state index contributed by atoms with van der Waals surface area (Å²) in [7, 11) is 0. The van der Waals surface area contributed by atoms with Crippen molar-refractivity contribution >= 4 is 33.3 Å². The standard InChI is InChI=1S/C22H24N4O3/c1-22(2,3)29-21(28)23-10-6-9-16-13-26-19(24-25-20(26)27)18-12-15-8-5-4-7-14(15)11-17(16)18/h4-5,7-8,11-13H,6,9-10H2,1-3H3,(H,23,28)(H,25,27). The van der Waals surface area contributed by atoms with Gasteiger partial charge in [-0.25, -0.2) is 19.1 Å². The molecule has 4 aromatic rings. The van der Waals surface area contributed by atoms with Crippen molar-refractivity contribution in [2.45, 2.75) is 39.2 Å². The van der Waals surface area contributed by atoms with Crippen molar-refractivity contribution < 1.29 is 9.53 Å². The predicted octanol–water partition coefficient (Wildman–Crippen LogP) is 3.79. The largest absolute Gasteiger partial charge is 0.444 e. The third-order valence-electron chi connectivity index (χ3n) is 4.75. The summed E-state index contributed by atoms with van der Waals surface area (Å²) in [5, 5.41) is 13.7. The van der Waals surface area contributed by atoms with Crippen LogP contribution in [0.1, 0.15) is 32.8 Å². The molecule has 0 spiro atoms. The van der Waals surface area contributed by atoms with E-state index in [4.69, 9.17) is 4.74 Å². The lowest BCUT2D eigenvalue weighted by Crippen LogP contribution is -2.33. The third-order valence-corrected chi connectivity index (χ3v) is 4.75. The summed E-state index contributed by atoms with van der Waals surface area (Å²) in [6, 6.07) is 12.3. The van der Waals surface area contributed by atoms with Gasteiger partial charge in [0, 0.05) is 18.1 Å². The highest BCUT2D eigenvalue weighted by Crippen LogP contribution is 2.28. The van der Waals surface area contributed by atoms with Gasteiger partial charge in [0.2, 0.25) is 0 Å². The zero-order valence-electron chi connectivity index (χ0n) is 16.8. The van der Waals surface area contributed by atoms with Crippen LogP contribution in [0.4, 0.5) is 4.79 Å². The topological polar surface area (TPSA) is 88.5 Å². The second-order valence-electron chi connectivity index (χ2n) is 8.15. The Kier molecular flexibility index (Phi) is 4.74. The summed E-state index contributed by atoms with van der Waals surface area (Å²) in [5.41, 5.74) is 0.872. The van der Waals surface area contributed by atoms with Crippen molar-refractivity contribution in [1.82, 2.24) is 19.9 Å². The van der Waals surface area contributed by atoms with Crippen molar-refractivity contribution in [1.29, 1.82) is 0 Å². The first-order chi connectivity index (χ1) is 13.8. The number of aryl methyl sites for hydroxylation is 1. The van der Waals surface area contributed by atoms with Crippen molar-refractivity contribution in [2.75, 3.05) is 6.54 Å². The summed E-state index contributed by atoms with van der Waals surface area (Å²) < 4.78 is 6.81. The highest BCUT2D eigenvalue weighted by atomic mass is 16.6. The van der Waals surface area contributed by atoms with E-state index < -0.39 is 11.7 Å². The molecule has 0 unspecified atom stereocenters. The highest BCUT2D eigenvalue weighted by Gasteiger charge is 2.16. The fourth-order valence-corrected chi connectivity index (χ4v) is 3.51. The summed E-state index contributed by atoms with van der Waals surface area (Å²) in [6.07, 6.45) is 2.85. The van der Waals surface area contributed by atoms with Crippen LogP contribution in [-0.4, -0.2) is 32.8 Å². The Labute approximate surface area is 167 Å². The molecule has 1 amide bonds. The van der Waals surface area contributed by atoms with E-state index in [1.54, 1.807) is 4.40 Å². The molecule has 2 aromatic carbocycles. The number of aromatic nitrogens is 3. The first-order valence-electron chi connectivity index (χ1n) is 9.70. The van der Waals surface area contributed by atoms with E-state index in [1.165, 1.54) is 0 Å². The number of H-pyrrole nitrogens is 1. The first-order valence-corrected chi connectivity index (χ1v) is 9.70. The number of hydrogen-bond acceptors (Lipinski definition) is 4. The zero-order valence-corrected chi connectivity index (χ0v) is 16.8. The Morgan fingerprint density at radius 1 is 1.17 bits per heavy atom. The Balaban J connectivity index is 1.64. The Morgan fingerprint density at radius 3 is 2.55 bits per heavy atom. The van der Waals surface area contributed by atoms with Crippen LogP contribution in [-0.2, 0) is 11.2 Å². The van der Waals surface area contributed by atoms with Crippen LogP contribution < -0.4 is 11.0 Å². The van der Waals surface area contributed by atoms with Gasteiger partial charge in [-0.15, -0.1) is 0 Å². The maximum atomic E-state index is 12.2. The third kappa shape index (κ3) is 3.94. The minimum atomic E-state index is -0.519. The number of nitrogens with one attached hydrogen (secondary N) is 2. The zero-order chi connectivity index (χ0) is 20.6. The van der Waals surface area contributed by atoms with Crippen LogP contribution in [0.15, 0.2) is 47.4 Å². The number of nitrogens with zero attached hydrogens (tertiary/aromatic N) is 2. The van der Waals surface area contributed by atoms with Gasteiger partial charge in [0.25, 0.3) is 0 Å². The fourth-order valence-electron chi connectivity index (χ4n) is 3.51. The van der Waals surface area contributed by atoms with Gasteiger partial charge in [-0.2, -0.15) is 5.10 Å². The summed E-state index contributed by atoms with van der Waals surface area (Å²) >= 11 is 0. The van der Waals surface area contributed by atoms with E-state index in [0.29, 0.717) is 18.6 Å². The minimum absolute atomic E-state index is 0.261. The molecule has 0 saturated carbocycles.